The highest BCUT2D eigenvalue weighted by Gasteiger charge is 2.21. The number of hydrogen-bond acceptors (Lipinski definition) is 1. The van der Waals surface area contributed by atoms with Crippen LogP contribution in [0, 0.1) is 0 Å². The minimum atomic E-state index is 0.583. The Labute approximate surface area is 103 Å². The molecule has 17 heavy (non-hydrogen) atoms. The number of benzene rings is 1. The summed E-state index contributed by atoms with van der Waals surface area (Å²) in [7, 11) is 0. The van der Waals surface area contributed by atoms with E-state index in [-0.39, 0.29) is 0 Å². The molecule has 0 aromatic heterocycles. The summed E-state index contributed by atoms with van der Waals surface area (Å²) in [4.78, 5) is 0. The molecule has 2 aliphatic rings. The summed E-state index contributed by atoms with van der Waals surface area (Å²) < 4.78 is 0. The molecule has 1 aromatic carbocycles. The summed E-state index contributed by atoms with van der Waals surface area (Å²) in [5.74, 6) is 0. The number of allylic oxidation sites excluding steroid dienone is 3. The van der Waals surface area contributed by atoms with Crippen LogP contribution in [0.2, 0.25) is 0 Å². The van der Waals surface area contributed by atoms with E-state index >= 15 is 0 Å². The molecule has 0 heterocycles. The molecule has 1 N–H and O–H groups in total. The van der Waals surface area contributed by atoms with E-state index in [0.29, 0.717) is 6.04 Å². The first-order valence-corrected chi connectivity index (χ1v) is 6.53. The third-order valence-electron chi connectivity index (χ3n) is 3.80. The van der Waals surface area contributed by atoms with Crippen molar-refractivity contribution in [3.05, 3.63) is 58.8 Å². The minimum Gasteiger partial charge on any atom is -0.382 e. The lowest BCUT2D eigenvalue weighted by Gasteiger charge is -2.20. The Bertz CT molecular complexity index is 457. The number of rotatable bonds is 2. The smallest absolute Gasteiger partial charge is 0.0342 e. The van der Waals surface area contributed by atoms with Gasteiger partial charge in [-0.25, -0.2) is 0 Å². The predicted molar refractivity (Wildman–Crippen MR) is 71.8 cm³/mol. The molecule has 0 aliphatic heterocycles. The zero-order valence-electron chi connectivity index (χ0n) is 10.4. The van der Waals surface area contributed by atoms with Crippen molar-refractivity contribution >= 4 is 0 Å². The second-order valence-corrected chi connectivity index (χ2v) is 5.10. The van der Waals surface area contributed by atoms with Gasteiger partial charge >= 0.3 is 0 Å². The van der Waals surface area contributed by atoms with Gasteiger partial charge in [0.25, 0.3) is 0 Å². The standard InChI is InChI=1S/C16H19N/c1-12-6-2-5-9-16(12)17-15-10-13-7-3-4-8-14(13)11-15/h3-4,6-9,15,17H,2,5,10-11H2,1H3. The van der Waals surface area contributed by atoms with E-state index in [4.69, 9.17) is 0 Å². The average molecular weight is 225 g/mol. The maximum atomic E-state index is 3.71. The average Bonchev–Trinajstić information content (AvgIpc) is 2.74. The van der Waals surface area contributed by atoms with Crippen LogP contribution in [0.4, 0.5) is 0 Å². The Kier molecular flexibility index (Phi) is 2.76. The fraction of sp³-hybridized carbons (Fsp3) is 0.375. The van der Waals surface area contributed by atoms with Crippen LogP contribution < -0.4 is 5.32 Å². The molecule has 1 heteroatoms. The van der Waals surface area contributed by atoms with E-state index in [1.54, 1.807) is 0 Å². The molecule has 0 unspecified atom stereocenters. The maximum absolute atomic E-state index is 3.71. The van der Waals surface area contributed by atoms with Crippen molar-refractivity contribution < 1.29 is 0 Å². The minimum absolute atomic E-state index is 0.583. The van der Waals surface area contributed by atoms with Crippen LogP contribution >= 0.6 is 0 Å². The van der Waals surface area contributed by atoms with E-state index < -0.39 is 0 Å². The fourth-order valence-corrected chi connectivity index (χ4v) is 2.85. The first kappa shape index (κ1) is 10.6. The SMILES string of the molecule is CC1=CCCC=C1NC1Cc2ccccc2C1. The Hall–Kier alpha value is -1.50. The lowest BCUT2D eigenvalue weighted by molar-refractivity contribution is 0.595. The lowest BCUT2D eigenvalue weighted by Crippen LogP contribution is -2.29. The second kappa shape index (κ2) is 4.40. The van der Waals surface area contributed by atoms with Crippen molar-refractivity contribution in [2.75, 3.05) is 0 Å². The molecule has 0 radical (unpaired) electrons. The van der Waals surface area contributed by atoms with E-state index in [2.05, 4.69) is 48.7 Å². The monoisotopic (exact) mass is 225 g/mol. The molecule has 0 bridgehead atoms. The summed E-state index contributed by atoms with van der Waals surface area (Å²) in [6.07, 6.45) is 9.39. The van der Waals surface area contributed by atoms with E-state index in [1.165, 1.54) is 48.1 Å². The fourth-order valence-electron chi connectivity index (χ4n) is 2.85. The first-order chi connectivity index (χ1) is 8.33. The summed E-state index contributed by atoms with van der Waals surface area (Å²) >= 11 is 0. The Morgan fingerprint density at radius 2 is 1.65 bits per heavy atom. The summed E-state index contributed by atoms with van der Waals surface area (Å²) in [5, 5.41) is 3.71. The molecule has 0 fully saturated rings. The van der Waals surface area contributed by atoms with E-state index in [0.717, 1.165) is 0 Å². The first-order valence-electron chi connectivity index (χ1n) is 6.53. The molecule has 1 nitrogen and oxygen atoms in total. The van der Waals surface area contributed by atoms with Crippen molar-refractivity contribution in [2.24, 2.45) is 0 Å². The topological polar surface area (TPSA) is 12.0 Å². The highest BCUT2D eigenvalue weighted by atomic mass is 14.9. The van der Waals surface area contributed by atoms with Gasteiger partial charge in [-0.05, 0) is 49.3 Å². The Morgan fingerprint density at radius 3 is 2.29 bits per heavy atom. The van der Waals surface area contributed by atoms with Gasteiger partial charge in [0.1, 0.15) is 0 Å². The Balaban J connectivity index is 1.70. The molecule has 1 aromatic rings. The van der Waals surface area contributed by atoms with Gasteiger partial charge in [0.2, 0.25) is 0 Å². The van der Waals surface area contributed by atoms with Crippen molar-refractivity contribution in [1.29, 1.82) is 0 Å². The third-order valence-corrected chi connectivity index (χ3v) is 3.80. The molecular formula is C16H19N. The molecule has 0 spiro atoms. The van der Waals surface area contributed by atoms with Gasteiger partial charge in [-0.3, -0.25) is 0 Å². The van der Waals surface area contributed by atoms with Gasteiger partial charge in [-0.2, -0.15) is 0 Å². The van der Waals surface area contributed by atoms with Crippen LogP contribution in [0.1, 0.15) is 30.9 Å². The summed E-state index contributed by atoms with van der Waals surface area (Å²) in [5.41, 5.74) is 5.80. The van der Waals surface area contributed by atoms with Crippen LogP contribution in [0.5, 0.6) is 0 Å². The van der Waals surface area contributed by atoms with Crippen LogP contribution in [0.3, 0.4) is 0 Å². The van der Waals surface area contributed by atoms with Gasteiger partial charge in [0.15, 0.2) is 0 Å². The molecule has 2 aliphatic carbocycles. The Morgan fingerprint density at radius 1 is 1.00 bits per heavy atom. The molecular weight excluding hydrogens is 206 g/mol. The molecule has 0 atom stereocenters. The predicted octanol–water partition coefficient (Wildman–Crippen LogP) is 3.37. The zero-order chi connectivity index (χ0) is 11.7. The lowest BCUT2D eigenvalue weighted by atomic mass is 10.0. The molecule has 0 amide bonds. The quantitative estimate of drug-likeness (QED) is 0.813. The second-order valence-electron chi connectivity index (χ2n) is 5.10. The van der Waals surface area contributed by atoms with Gasteiger partial charge in [0, 0.05) is 11.7 Å². The highest BCUT2D eigenvalue weighted by Crippen LogP contribution is 2.24. The van der Waals surface area contributed by atoms with Crippen LogP contribution in [-0.4, -0.2) is 6.04 Å². The molecule has 3 rings (SSSR count). The third kappa shape index (κ3) is 2.14. The normalized spacial score (nSPS) is 19.6. The van der Waals surface area contributed by atoms with Crippen molar-refractivity contribution in [3.63, 3.8) is 0 Å². The number of fused-ring (bicyclic) bond motifs is 1. The largest absolute Gasteiger partial charge is 0.382 e. The van der Waals surface area contributed by atoms with E-state index in [9.17, 15) is 0 Å². The summed E-state index contributed by atoms with van der Waals surface area (Å²) in [6, 6.07) is 9.39. The maximum Gasteiger partial charge on any atom is 0.0342 e. The van der Waals surface area contributed by atoms with Crippen LogP contribution in [-0.2, 0) is 12.8 Å². The van der Waals surface area contributed by atoms with Crippen LogP contribution in [0.15, 0.2) is 47.7 Å². The van der Waals surface area contributed by atoms with Crippen molar-refractivity contribution in [1.82, 2.24) is 5.32 Å². The highest BCUT2D eigenvalue weighted by molar-refractivity contribution is 5.36. The van der Waals surface area contributed by atoms with Gasteiger partial charge in [-0.1, -0.05) is 36.4 Å². The molecule has 0 saturated heterocycles. The van der Waals surface area contributed by atoms with Gasteiger partial charge in [0.05, 0.1) is 0 Å². The number of nitrogens with one attached hydrogen (secondary N) is 1. The van der Waals surface area contributed by atoms with E-state index in [1.807, 2.05) is 0 Å². The number of hydrogen-bond donors (Lipinski definition) is 1. The van der Waals surface area contributed by atoms with Crippen molar-refractivity contribution in [3.8, 4) is 0 Å². The van der Waals surface area contributed by atoms with Gasteiger partial charge in [-0.15, -0.1) is 0 Å². The van der Waals surface area contributed by atoms with Crippen LogP contribution in [0.25, 0.3) is 0 Å². The zero-order valence-corrected chi connectivity index (χ0v) is 10.4. The molecule has 0 saturated carbocycles. The molecule has 88 valence electrons. The van der Waals surface area contributed by atoms with Gasteiger partial charge < -0.3 is 5.32 Å². The summed E-state index contributed by atoms with van der Waals surface area (Å²) in [6.45, 7) is 2.21. The van der Waals surface area contributed by atoms with Crippen molar-refractivity contribution in [2.45, 2.75) is 38.6 Å².